The SMILES string of the molecule is Cc1ccc(-c2cc(=O)[nH]c(C3CC3)n2)cc1C. The first-order valence-corrected chi connectivity index (χ1v) is 6.32. The highest BCUT2D eigenvalue weighted by molar-refractivity contribution is 5.60. The van der Waals surface area contributed by atoms with Crippen molar-refractivity contribution in [1.29, 1.82) is 0 Å². The third kappa shape index (κ3) is 2.08. The first-order valence-electron chi connectivity index (χ1n) is 6.32. The van der Waals surface area contributed by atoms with Gasteiger partial charge in [0.25, 0.3) is 5.56 Å². The van der Waals surface area contributed by atoms with Gasteiger partial charge >= 0.3 is 0 Å². The van der Waals surface area contributed by atoms with Gasteiger partial charge < -0.3 is 4.98 Å². The van der Waals surface area contributed by atoms with E-state index in [-0.39, 0.29) is 5.56 Å². The Kier molecular flexibility index (Phi) is 2.54. The highest BCUT2D eigenvalue weighted by atomic mass is 16.1. The summed E-state index contributed by atoms with van der Waals surface area (Å²) in [6.07, 6.45) is 2.28. The van der Waals surface area contributed by atoms with E-state index in [0.29, 0.717) is 5.92 Å². The first-order chi connectivity index (χ1) is 8.63. The Morgan fingerprint density at radius 3 is 2.61 bits per heavy atom. The fourth-order valence-electron chi connectivity index (χ4n) is 2.08. The lowest BCUT2D eigenvalue weighted by Gasteiger charge is -2.06. The smallest absolute Gasteiger partial charge is 0.251 e. The number of aryl methyl sites for hydroxylation is 2. The fraction of sp³-hybridized carbons (Fsp3) is 0.333. The molecule has 1 aliphatic carbocycles. The van der Waals surface area contributed by atoms with Gasteiger partial charge in [-0.3, -0.25) is 4.79 Å². The summed E-state index contributed by atoms with van der Waals surface area (Å²) >= 11 is 0. The molecule has 1 aromatic carbocycles. The van der Waals surface area contributed by atoms with Crippen LogP contribution >= 0.6 is 0 Å². The van der Waals surface area contributed by atoms with Gasteiger partial charge in [0, 0.05) is 17.5 Å². The quantitative estimate of drug-likeness (QED) is 0.877. The van der Waals surface area contributed by atoms with Crippen LogP contribution in [-0.2, 0) is 0 Å². The van der Waals surface area contributed by atoms with Crippen LogP contribution in [-0.4, -0.2) is 9.97 Å². The second kappa shape index (κ2) is 4.09. The van der Waals surface area contributed by atoms with Crippen LogP contribution in [0.25, 0.3) is 11.3 Å². The molecular weight excluding hydrogens is 224 g/mol. The predicted octanol–water partition coefficient (Wildman–Crippen LogP) is 2.93. The molecule has 18 heavy (non-hydrogen) atoms. The minimum absolute atomic E-state index is 0.0554. The van der Waals surface area contributed by atoms with Crippen molar-refractivity contribution in [2.24, 2.45) is 0 Å². The molecule has 1 aliphatic rings. The molecule has 0 saturated heterocycles. The van der Waals surface area contributed by atoms with E-state index in [4.69, 9.17) is 0 Å². The molecule has 0 bridgehead atoms. The normalized spacial score (nSPS) is 14.8. The minimum Gasteiger partial charge on any atom is -0.310 e. The molecule has 1 heterocycles. The summed E-state index contributed by atoms with van der Waals surface area (Å²) < 4.78 is 0. The topological polar surface area (TPSA) is 45.8 Å². The van der Waals surface area contributed by atoms with Crippen molar-refractivity contribution in [2.45, 2.75) is 32.6 Å². The van der Waals surface area contributed by atoms with Gasteiger partial charge in [0.1, 0.15) is 5.82 Å². The van der Waals surface area contributed by atoms with Gasteiger partial charge in [-0.05, 0) is 43.9 Å². The van der Waals surface area contributed by atoms with E-state index in [0.717, 1.165) is 29.9 Å². The maximum absolute atomic E-state index is 11.7. The zero-order chi connectivity index (χ0) is 12.7. The molecule has 3 rings (SSSR count). The van der Waals surface area contributed by atoms with Crippen LogP contribution in [0.15, 0.2) is 29.1 Å². The Balaban J connectivity index is 2.09. The highest BCUT2D eigenvalue weighted by Crippen LogP contribution is 2.38. The highest BCUT2D eigenvalue weighted by Gasteiger charge is 2.26. The molecule has 0 radical (unpaired) electrons. The van der Waals surface area contributed by atoms with Gasteiger partial charge in [-0.1, -0.05) is 12.1 Å². The van der Waals surface area contributed by atoms with E-state index >= 15 is 0 Å². The van der Waals surface area contributed by atoms with Crippen molar-refractivity contribution in [3.8, 4) is 11.3 Å². The molecule has 3 nitrogen and oxygen atoms in total. The van der Waals surface area contributed by atoms with Gasteiger partial charge in [0.15, 0.2) is 0 Å². The number of nitrogens with zero attached hydrogens (tertiary/aromatic N) is 1. The summed E-state index contributed by atoms with van der Waals surface area (Å²) in [6, 6.07) is 7.77. The van der Waals surface area contributed by atoms with Crippen molar-refractivity contribution >= 4 is 0 Å². The van der Waals surface area contributed by atoms with Crippen LogP contribution < -0.4 is 5.56 Å². The Morgan fingerprint density at radius 1 is 1.17 bits per heavy atom. The summed E-state index contributed by atoms with van der Waals surface area (Å²) in [5.74, 6) is 1.31. The molecule has 3 heteroatoms. The predicted molar refractivity (Wildman–Crippen MR) is 71.7 cm³/mol. The molecule has 0 atom stereocenters. The molecule has 0 unspecified atom stereocenters. The molecule has 1 fully saturated rings. The van der Waals surface area contributed by atoms with Crippen LogP contribution in [0.4, 0.5) is 0 Å². The summed E-state index contributed by atoms with van der Waals surface area (Å²) in [6.45, 7) is 4.16. The van der Waals surface area contributed by atoms with E-state index in [1.54, 1.807) is 6.07 Å². The molecule has 0 spiro atoms. The van der Waals surface area contributed by atoms with Crippen molar-refractivity contribution in [3.63, 3.8) is 0 Å². The van der Waals surface area contributed by atoms with Crippen molar-refractivity contribution < 1.29 is 0 Å². The monoisotopic (exact) mass is 240 g/mol. The number of aromatic amines is 1. The molecule has 1 aromatic heterocycles. The number of H-pyrrole nitrogens is 1. The summed E-state index contributed by atoms with van der Waals surface area (Å²) in [5.41, 5.74) is 4.23. The van der Waals surface area contributed by atoms with E-state index in [9.17, 15) is 4.79 Å². The molecule has 2 aromatic rings. The van der Waals surface area contributed by atoms with Gasteiger partial charge in [0.2, 0.25) is 0 Å². The minimum atomic E-state index is -0.0554. The Labute approximate surface area is 106 Å². The van der Waals surface area contributed by atoms with Gasteiger partial charge in [-0.25, -0.2) is 4.98 Å². The lowest BCUT2D eigenvalue weighted by atomic mass is 10.0. The van der Waals surface area contributed by atoms with E-state index in [1.807, 2.05) is 6.07 Å². The number of hydrogen-bond donors (Lipinski definition) is 1. The molecule has 92 valence electrons. The zero-order valence-electron chi connectivity index (χ0n) is 10.7. The van der Waals surface area contributed by atoms with E-state index < -0.39 is 0 Å². The van der Waals surface area contributed by atoms with E-state index in [2.05, 4.69) is 35.9 Å². The van der Waals surface area contributed by atoms with Crippen LogP contribution in [0.1, 0.15) is 35.7 Å². The van der Waals surface area contributed by atoms with Crippen molar-refractivity contribution in [2.75, 3.05) is 0 Å². The molecule has 0 aliphatic heterocycles. The second-order valence-corrected chi connectivity index (χ2v) is 5.09. The Bertz CT molecular complexity index is 654. The number of benzene rings is 1. The molecular formula is C15H16N2O. The zero-order valence-corrected chi connectivity index (χ0v) is 10.7. The van der Waals surface area contributed by atoms with Crippen molar-refractivity contribution in [1.82, 2.24) is 9.97 Å². The van der Waals surface area contributed by atoms with Gasteiger partial charge in [-0.2, -0.15) is 0 Å². The Hall–Kier alpha value is -1.90. The van der Waals surface area contributed by atoms with Crippen LogP contribution in [0, 0.1) is 13.8 Å². The fourth-order valence-corrected chi connectivity index (χ4v) is 2.08. The molecule has 1 saturated carbocycles. The van der Waals surface area contributed by atoms with Crippen LogP contribution in [0.3, 0.4) is 0 Å². The molecule has 1 N–H and O–H groups in total. The van der Waals surface area contributed by atoms with Gasteiger partial charge in [-0.15, -0.1) is 0 Å². The van der Waals surface area contributed by atoms with Crippen LogP contribution in [0.5, 0.6) is 0 Å². The number of rotatable bonds is 2. The van der Waals surface area contributed by atoms with Gasteiger partial charge in [0.05, 0.1) is 5.69 Å². The van der Waals surface area contributed by atoms with Crippen LogP contribution in [0.2, 0.25) is 0 Å². The average molecular weight is 240 g/mol. The lowest BCUT2D eigenvalue weighted by Crippen LogP contribution is -2.10. The largest absolute Gasteiger partial charge is 0.310 e. The number of aromatic nitrogens is 2. The first kappa shape index (κ1) is 11.2. The van der Waals surface area contributed by atoms with Crippen molar-refractivity contribution in [3.05, 3.63) is 51.6 Å². The Morgan fingerprint density at radius 2 is 1.94 bits per heavy atom. The summed E-state index contributed by atoms with van der Waals surface area (Å²) in [5, 5.41) is 0. The maximum Gasteiger partial charge on any atom is 0.251 e. The third-order valence-corrected chi connectivity index (χ3v) is 3.53. The number of hydrogen-bond acceptors (Lipinski definition) is 2. The standard InChI is InChI=1S/C15H16N2O/c1-9-3-4-12(7-10(9)2)13-8-14(18)17-15(16-13)11-5-6-11/h3-4,7-8,11H,5-6H2,1-2H3,(H,16,17,18). The molecule has 0 amide bonds. The summed E-state index contributed by atoms with van der Waals surface area (Å²) in [7, 11) is 0. The average Bonchev–Trinajstić information content (AvgIpc) is 3.16. The third-order valence-electron chi connectivity index (χ3n) is 3.53. The lowest BCUT2D eigenvalue weighted by molar-refractivity contribution is 0.912. The number of nitrogens with one attached hydrogen (secondary N) is 1. The second-order valence-electron chi connectivity index (χ2n) is 5.09. The van der Waals surface area contributed by atoms with E-state index in [1.165, 1.54) is 11.1 Å². The maximum atomic E-state index is 11.7. The summed E-state index contributed by atoms with van der Waals surface area (Å²) in [4.78, 5) is 19.1.